The van der Waals surface area contributed by atoms with Gasteiger partial charge in [-0.1, -0.05) is 0 Å². The number of alkyl halides is 6. The number of anilines is 3. The summed E-state index contributed by atoms with van der Waals surface area (Å²) in [7, 11) is 1.52. The van der Waals surface area contributed by atoms with Crippen LogP contribution in [0, 0.1) is 5.92 Å². The van der Waals surface area contributed by atoms with Crippen LogP contribution in [-0.4, -0.2) is 50.1 Å². The third kappa shape index (κ3) is 5.59. The Morgan fingerprint density at radius 3 is 2.21 bits per heavy atom. The van der Waals surface area contributed by atoms with E-state index >= 15 is 0 Å². The number of nitrogens with zero attached hydrogens (tertiary/aromatic N) is 1. The van der Waals surface area contributed by atoms with Gasteiger partial charge in [-0.3, -0.25) is 0 Å². The van der Waals surface area contributed by atoms with Gasteiger partial charge in [-0.15, -0.1) is 0 Å². The maximum atomic E-state index is 12.8. The van der Waals surface area contributed by atoms with E-state index in [4.69, 9.17) is 0 Å². The van der Waals surface area contributed by atoms with Gasteiger partial charge in [0.15, 0.2) is 0 Å². The Bertz CT molecular complexity index is 697. The van der Waals surface area contributed by atoms with Crippen molar-refractivity contribution in [2.24, 2.45) is 5.92 Å². The minimum Gasteiger partial charge on any atom is -0.478 e. The Morgan fingerprint density at radius 1 is 1.14 bits per heavy atom. The van der Waals surface area contributed by atoms with E-state index in [9.17, 15) is 36.2 Å². The van der Waals surface area contributed by atoms with Gasteiger partial charge in [0.2, 0.25) is 0 Å². The van der Waals surface area contributed by atoms with E-state index in [1.165, 1.54) is 19.2 Å². The number of hydrogen-bond donors (Lipinski definition) is 3. The lowest BCUT2D eigenvalue weighted by molar-refractivity contribution is -0.179. The van der Waals surface area contributed by atoms with Gasteiger partial charge in [-0.2, -0.15) is 26.3 Å². The fourth-order valence-electron chi connectivity index (χ4n) is 3.16. The average molecular weight is 413 g/mol. The van der Waals surface area contributed by atoms with Crippen LogP contribution in [0.25, 0.3) is 0 Å². The summed E-state index contributed by atoms with van der Waals surface area (Å²) < 4.78 is 75.5. The molecule has 1 aromatic rings. The topological polar surface area (TPSA) is 64.6 Å². The van der Waals surface area contributed by atoms with Crippen LogP contribution >= 0.6 is 0 Å². The molecule has 1 fully saturated rings. The third-order valence-corrected chi connectivity index (χ3v) is 4.66. The van der Waals surface area contributed by atoms with Crippen LogP contribution in [0.15, 0.2) is 12.1 Å². The minimum absolute atomic E-state index is 0.0362. The van der Waals surface area contributed by atoms with Crippen molar-refractivity contribution in [2.75, 3.05) is 42.2 Å². The first kappa shape index (κ1) is 22.0. The molecule has 0 unspecified atom stereocenters. The van der Waals surface area contributed by atoms with E-state index in [0.29, 0.717) is 5.69 Å². The van der Waals surface area contributed by atoms with E-state index in [2.05, 4.69) is 10.6 Å². The van der Waals surface area contributed by atoms with Crippen molar-refractivity contribution in [3.05, 3.63) is 17.7 Å². The molecule has 5 nitrogen and oxygen atoms in total. The molecule has 0 aliphatic carbocycles. The van der Waals surface area contributed by atoms with Crippen LogP contribution in [-0.2, 0) is 0 Å². The van der Waals surface area contributed by atoms with Crippen LogP contribution in [0.1, 0.15) is 29.6 Å². The summed E-state index contributed by atoms with van der Waals surface area (Å²) in [4.78, 5) is 13.2. The molecule has 0 saturated carbocycles. The number of rotatable bonds is 6. The minimum atomic E-state index is -4.36. The zero-order valence-corrected chi connectivity index (χ0v) is 15.0. The normalized spacial score (nSPS) is 16.2. The Labute approximate surface area is 157 Å². The van der Waals surface area contributed by atoms with Crippen LogP contribution in [0.4, 0.5) is 43.4 Å². The van der Waals surface area contributed by atoms with Crippen LogP contribution < -0.4 is 15.5 Å². The summed E-state index contributed by atoms with van der Waals surface area (Å²) in [6, 6.07) is 2.64. The SMILES string of the molecule is CNc1cc(N2CCC(C(F)(F)F)CC2)c(C(=O)O)cc1NCCC(F)(F)F. The third-order valence-electron chi connectivity index (χ3n) is 4.66. The Hall–Kier alpha value is -2.33. The molecule has 1 heterocycles. The fourth-order valence-corrected chi connectivity index (χ4v) is 3.16. The zero-order chi connectivity index (χ0) is 21.1. The molecular weight excluding hydrogens is 392 g/mol. The molecule has 28 heavy (non-hydrogen) atoms. The van der Waals surface area contributed by atoms with Gasteiger partial charge in [0.05, 0.1) is 35.0 Å². The van der Waals surface area contributed by atoms with E-state index in [-0.39, 0.29) is 42.9 Å². The Kier molecular flexibility index (Phi) is 6.56. The number of benzene rings is 1. The molecule has 1 aliphatic rings. The highest BCUT2D eigenvalue weighted by atomic mass is 19.4. The molecule has 158 valence electrons. The van der Waals surface area contributed by atoms with Crippen molar-refractivity contribution in [3.63, 3.8) is 0 Å². The molecule has 0 bridgehead atoms. The lowest BCUT2D eigenvalue weighted by Gasteiger charge is -2.35. The Balaban J connectivity index is 2.24. The number of nitrogens with one attached hydrogen (secondary N) is 2. The number of carboxylic acid groups (broad SMARTS) is 1. The van der Waals surface area contributed by atoms with Gasteiger partial charge in [-0.25, -0.2) is 4.79 Å². The van der Waals surface area contributed by atoms with Crippen LogP contribution in [0.2, 0.25) is 0 Å². The van der Waals surface area contributed by atoms with Gasteiger partial charge in [0, 0.05) is 26.7 Å². The first-order valence-corrected chi connectivity index (χ1v) is 8.63. The van der Waals surface area contributed by atoms with Crippen LogP contribution in [0.5, 0.6) is 0 Å². The van der Waals surface area contributed by atoms with Crippen molar-refractivity contribution in [3.8, 4) is 0 Å². The molecule has 0 amide bonds. The lowest BCUT2D eigenvalue weighted by Crippen LogP contribution is -2.39. The largest absolute Gasteiger partial charge is 0.478 e. The summed E-state index contributed by atoms with van der Waals surface area (Å²) in [6.45, 7) is -0.365. The van der Waals surface area contributed by atoms with E-state index in [1.807, 2.05) is 0 Å². The zero-order valence-electron chi connectivity index (χ0n) is 15.0. The highest BCUT2D eigenvalue weighted by Crippen LogP contribution is 2.38. The summed E-state index contributed by atoms with van der Waals surface area (Å²) in [6.07, 6.45) is -10.0. The van der Waals surface area contributed by atoms with E-state index < -0.39 is 37.2 Å². The molecule has 0 atom stereocenters. The molecule has 0 spiro atoms. The van der Waals surface area contributed by atoms with Gasteiger partial charge in [-0.05, 0) is 25.0 Å². The highest BCUT2D eigenvalue weighted by Gasteiger charge is 2.41. The van der Waals surface area contributed by atoms with Gasteiger partial charge < -0.3 is 20.6 Å². The van der Waals surface area contributed by atoms with Gasteiger partial charge in [0.25, 0.3) is 0 Å². The molecule has 1 aromatic carbocycles. The first-order valence-electron chi connectivity index (χ1n) is 8.63. The predicted octanol–water partition coefficient (Wildman–Crippen LogP) is 4.57. The predicted molar refractivity (Wildman–Crippen MR) is 93.1 cm³/mol. The molecule has 2 rings (SSSR count). The Morgan fingerprint density at radius 2 is 1.75 bits per heavy atom. The van der Waals surface area contributed by atoms with Crippen molar-refractivity contribution < 1.29 is 36.2 Å². The molecule has 0 aromatic heterocycles. The van der Waals surface area contributed by atoms with E-state index in [0.717, 1.165) is 0 Å². The van der Waals surface area contributed by atoms with Crippen molar-refractivity contribution >= 4 is 23.0 Å². The smallest absolute Gasteiger partial charge is 0.391 e. The summed E-state index contributed by atoms with van der Waals surface area (Å²) in [5, 5.41) is 14.8. The maximum Gasteiger partial charge on any atom is 0.391 e. The fraction of sp³-hybridized carbons (Fsp3) is 0.588. The number of carboxylic acids is 1. The first-order chi connectivity index (χ1) is 12.9. The van der Waals surface area contributed by atoms with Crippen molar-refractivity contribution in [1.29, 1.82) is 0 Å². The van der Waals surface area contributed by atoms with Gasteiger partial charge in [0.1, 0.15) is 0 Å². The second kappa shape index (κ2) is 8.36. The highest BCUT2D eigenvalue weighted by molar-refractivity contribution is 5.98. The molecule has 1 aliphatic heterocycles. The monoisotopic (exact) mass is 413 g/mol. The second-order valence-electron chi connectivity index (χ2n) is 6.56. The molecular formula is C17H21F6N3O2. The molecule has 3 N–H and O–H groups in total. The number of piperidine rings is 1. The summed E-state index contributed by atoms with van der Waals surface area (Å²) in [5.74, 6) is -2.74. The standard InChI is InChI=1S/C17H21F6N3O2/c1-24-12-9-14(26-6-2-10(3-7-26)17(21,22)23)11(15(27)28)8-13(12)25-5-4-16(18,19)20/h8-10,24-25H,2-7H2,1H3,(H,27,28). The maximum absolute atomic E-state index is 12.8. The van der Waals surface area contributed by atoms with E-state index in [1.54, 1.807) is 4.90 Å². The number of halogens is 6. The molecule has 0 radical (unpaired) electrons. The lowest BCUT2D eigenvalue weighted by atomic mass is 9.95. The van der Waals surface area contributed by atoms with Crippen molar-refractivity contribution in [2.45, 2.75) is 31.6 Å². The summed E-state index contributed by atoms with van der Waals surface area (Å²) >= 11 is 0. The second-order valence-corrected chi connectivity index (χ2v) is 6.56. The van der Waals surface area contributed by atoms with Gasteiger partial charge >= 0.3 is 18.3 Å². The quantitative estimate of drug-likeness (QED) is 0.597. The van der Waals surface area contributed by atoms with Crippen molar-refractivity contribution in [1.82, 2.24) is 0 Å². The molecule has 1 saturated heterocycles. The molecule has 11 heteroatoms. The average Bonchev–Trinajstić information content (AvgIpc) is 2.59. The summed E-state index contributed by atoms with van der Waals surface area (Å²) in [5.41, 5.74) is 0.594. The number of carbonyl (C=O) groups is 1. The van der Waals surface area contributed by atoms with Crippen LogP contribution in [0.3, 0.4) is 0 Å². The number of aromatic carboxylic acids is 1. The number of hydrogen-bond acceptors (Lipinski definition) is 4.